The summed E-state index contributed by atoms with van der Waals surface area (Å²) in [6, 6.07) is 33.4. The van der Waals surface area contributed by atoms with Crippen LogP contribution in [0.25, 0.3) is 0 Å². The minimum Gasteiger partial charge on any atom is -0.508 e. The molecule has 0 aliphatic carbocycles. The molecule has 8 nitrogen and oxygen atoms in total. The molecule has 2 unspecified atom stereocenters. The van der Waals surface area contributed by atoms with Crippen molar-refractivity contribution in [3.05, 3.63) is 125 Å². The number of anilines is 1. The van der Waals surface area contributed by atoms with Crippen molar-refractivity contribution in [2.45, 2.75) is 149 Å². The molecule has 4 aromatic rings. The lowest BCUT2D eigenvalue weighted by Gasteiger charge is -2.39. The summed E-state index contributed by atoms with van der Waals surface area (Å²) in [7, 11) is -5.72. The number of aromatic hydroxyl groups is 1. The Bertz CT molecular complexity index is 1990. The molecule has 0 saturated carbocycles. The molecule has 3 N–H and O–H groups in total. The zero-order chi connectivity index (χ0) is 44.6. The van der Waals surface area contributed by atoms with Crippen LogP contribution in [0.4, 0.5) is 5.69 Å². The van der Waals surface area contributed by atoms with Gasteiger partial charge < -0.3 is 19.6 Å². The molecule has 0 aliphatic heterocycles. The highest BCUT2D eigenvalue weighted by Crippen LogP contribution is 2.41. The second kappa shape index (κ2) is 23.7. The Morgan fingerprint density at radius 3 is 2.00 bits per heavy atom. The highest BCUT2D eigenvalue weighted by atomic mass is 32.2. The quantitative estimate of drug-likeness (QED) is 0.0427. The van der Waals surface area contributed by atoms with Gasteiger partial charge in [-0.15, -0.1) is 0 Å². The van der Waals surface area contributed by atoms with E-state index in [2.05, 4.69) is 119 Å². The third-order valence-corrected chi connectivity index (χ3v) is 17.3. The normalized spacial score (nSPS) is 13.5. The number of phenolic OH excluding ortho intramolecular Hbond substituents is 1. The summed E-state index contributed by atoms with van der Waals surface area (Å²) >= 11 is 0. The molecule has 4 aromatic carbocycles. The first-order chi connectivity index (χ1) is 28.8. The molecule has 0 amide bonds. The van der Waals surface area contributed by atoms with Crippen LogP contribution >= 0.6 is 0 Å². The van der Waals surface area contributed by atoms with Crippen LogP contribution in [-0.2, 0) is 27.5 Å². The molecule has 0 saturated heterocycles. The maximum atomic E-state index is 12.4. The molecule has 0 bridgehead atoms. The van der Waals surface area contributed by atoms with Crippen molar-refractivity contribution in [2.24, 2.45) is 0 Å². The lowest BCUT2D eigenvalue weighted by molar-refractivity contribution is 0.170. The van der Waals surface area contributed by atoms with E-state index in [0.29, 0.717) is 42.4 Å². The van der Waals surface area contributed by atoms with E-state index in [-0.39, 0.29) is 17.1 Å². The number of nitrogens with one attached hydrogen (secondary N) is 2. The predicted molar refractivity (Wildman–Crippen MR) is 259 cm³/mol. The topological polar surface area (TPSA) is 100 Å². The van der Waals surface area contributed by atoms with Crippen LogP contribution < -0.4 is 14.8 Å². The molecule has 0 fully saturated rings. The van der Waals surface area contributed by atoms with E-state index >= 15 is 0 Å². The molecule has 0 aromatic heterocycles. The maximum absolute atomic E-state index is 12.4. The molecule has 4 rings (SSSR count). The van der Waals surface area contributed by atoms with Crippen LogP contribution in [0.2, 0.25) is 18.1 Å². The first-order valence-electron chi connectivity index (χ1n) is 22.6. The molecule has 0 aliphatic rings. The number of unbranched alkanes of at least 4 members (excludes halogenated alkanes) is 5. The van der Waals surface area contributed by atoms with Gasteiger partial charge in [-0.05, 0) is 125 Å². The Balaban J connectivity index is 1.29. The number of ether oxygens (including phenoxy) is 1. The minimum atomic E-state index is -3.55. The summed E-state index contributed by atoms with van der Waals surface area (Å²) in [5, 5.41) is 14.8. The third-order valence-electron chi connectivity index (χ3n) is 12.2. The Kier molecular flexibility index (Phi) is 19.4. The SMILES string of the molecule is CC(C)N(CCC(c1ccccc1)c1cc(CCCCCCCCNCC(O[Si](C)(C)C(C)(C)C)c2ccc(OCc3ccccc3)c(NS(C)(=O)=O)c2)ccc1O)C(C)C. The molecular weight excluding hydrogens is 795 g/mol. The third kappa shape index (κ3) is 16.5. The van der Waals surface area contributed by atoms with E-state index in [1.807, 2.05) is 54.6 Å². The fourth-order valence-corrected chi connectivity index (χ4v) is 9.63. The summed E-state index contributed by atoms with van der Waals surface area (Å²) < 4.78 is 40.7. The number of aryl methyl sites for hydroxylation is 1. The van der Waals surface area contributed by atoms with E-state index in [4.69, 9.17) is 9.16 Å². The van der Waals surface area contributed by atoms with Crippen LogP contribution in [0, 0.1) is 0 Å². The van der Waals surface area contributed by atoms with Crippen molar-refractivity contribution in [3.63, 3.8) is 0 Å². The zero-order valence-corrected chi connectivity index (χ0v) is 40.8. The number of phenols is 1. The second-order valence-corrected chi connectivity index (χ2v) is 25.4. The number of hydrogen-bond acceptors (Lipinski definition) is 7. The summed E-state index contributed by atoms with van der Waals surface area (Å²) in [6.07, 6.45) is 9.81. The standard InChI is InChI=1S/C51H77N3O5SSi/c1-39(2)54(40(3)4)34-32-45(43-26-20-16-21-27-43)46-35-41(28-30-48(46)55)23-17-13-11-12-14-22-33-52-37-50(59-61(9,10)51(5,6)7)44-29-31-49(47(36-44)53-60(8,56)57)58-38-42-24-18-15-19-25-42/h15-16,18-21,24-31,35-36,39-40,45,50,52-53,55H,11-14,17,22-23,32-34,37-38H2,1-10H3. The smallest absolute Gasteiger partial charge is 0.229 e. The Morgan fingerprint density at radius 1 is 0.754 bits per heavy atom. The van der Waals surface area contributed by atoms with Gasteiger partial charge in [0.05, 0.1) is 18.0 Å². The van der Waals surface area contributed by atoms with Gasteiger partial charge in [-0.1, -0.05) is 125 Å². The fraction of sp³-hybridized carbons (Fsp3) is 0.529. The Labute approximate surface area is 371 Å². The van der Waals surface area contributed by atoms with E-state index in [1.165, 1.54) is 30.4 Å². The molecular formula is C51H77N3O5SSi. The number of rotatable bonds is 26. The van der Waals surface area contributed by atoms with Crippen LogP contribution in [0.5, 0.6) is 11.5 Å². The minimum absolute atomic E-state index is 0.00989. The number of hydrogen-bond donors (Lipinski definition) is 3. The lowest BCUT2D eigenvalue weighted by atomic mass is 9.86. The van der Waals surface area contributed by atoms with Gasteiger partial charge in [0, 0.05) is 30.1 Å². The number of sulfonamides is 1. The van der Waals surface area contributed by atoms with Crippen molar-refractivity contribution in [3.8, 4) is 11.5 Å². The molecule has 10 heteroatoms. The zero-order valence-electron chi connectivity index (χ0n) is 39.0. The van der Waals surface area contributed by atoms with Crippen LogP contribution in [0.15, 0.2) is 97.1 Å². The molecule has 61 heavy (non-hydrogen) atoms. The number of nitrogens with zero attached hydrogens (tertiary/aromatic N) is 1. The second-order valence-electron chi connectivity index (χ2n) is 18.9. The van der Waals surface area contributed by atoms with Gasteiger partial charge in [-0.3, -0.25) is 9.62 Å². The molecule has 0 radical (unpaired) electrons. The predicted octanol–water partition coefficient (Wildman–Crippen LogP) is 12.2. The monoisotopic (exact) mass is 872 g/mol. The first-order valence-corrected chi connectivity index (χ1v) is 27.4. The summed E-state index contributed by atoms with van der Waals surface area (Å²) in [5.74, 6) is 1.01. The molecule has 0 spiro atoms. The van der Waals surface area contributed by atoms with Gasteiger partial charge >= 0.3 is 0 Å². The van der Waals surface area contributed by atoms with Crippen LogP contribution in [-0.4, -0.2) is 64.7 Å². The number of benzene rings is 4. The van der Waals surface area contributed by atoms with Crippen molar-refractivity contribution in [1.29, 1.82) is 0 Å². The average molecular weight is 872 g/mol. The van der Waals surface area contributed by atoms with Gasteiger partial charge in [0.2, 0.25) is 10.0 Å². The highest BCUT2D eigenvalue weighted by Gasteiger charge is 2.39. The van der Waals surface area contributed by atoms with E-state index in [9.17, 15) is 13.5 Å². The van der Waals surface area contributed by atoms with Crippen molar-refractivity contribution in [2.75, 3.05) is 30.6 Å². The highest BCUT2D eigenvalue weighted by molar-refractivity contribution is 7.92. The summed E-state index contributed by atoms with van der Waals surface area (Å²) in [4.78, 5) is 2.54. The Hall–Kier alpha value is -3.67. The fourth-order valence-electron chi connectivity index (χ4n) is 7.78. The maximum Gasteiger partial charge on any atom is 0.229 e. The van der Waals surface area contributed by atoms with Gasteiger partial charge in [-0.2, -0.15) is 0 Å². The van der Waals surface area contributed by atoms with Crippen molar-refractivity contribution < 1.29 is 22.7 Å². The van der Waals surface area contributed by atoms with Crippen LogP contribution in [0.1, 0.15) is 133 Å². The largest absolute Gasteiger partial charge is 0.508 e. The van der Waals surface area contributed by atoms with E-state index < -0.39 is 18.3 Å². The van der Waals surface area contributed by atoms with Crippen molar-refractivity contribution >= 4 is 24.0 Å². The molecule has 0 heterocycles. The molecule has 2 atom stereocenters. The van der Waals surface area contributed by atoms with Crippen molar-refractivity contribution in [1.82, 2.24) is 10.2 Å². The average Bonchev–Trinajstić information content (AvgIpc) is 3.19. The summed E-state index contributed by atoms with van der Waals surface area (Å²) in [6.45, 7) is 23.1. The summed E-state index contributed by atoms with van der Waals surface area (Å²) in [5.41, 5.74) is 5.92. The van der Waals surface area contributed by atoms with Gasteiger partial charge in [0.15, 0.2) is 8.32 Å². The van der Waals surface area contributed by atoms with Crippen LogP contribution in [0.3, 0.4) is 0 Å². The Morgan fingerprint density at radius 2 is 1.38 bits per heavy atom. The van der Waals surface area contributed by atoms with Gasteiger partial charge in [0.25, 0.3) is 0 Å². The van der Waals surface area contributed by atoms with E-state index in [0.717, 1.165) is 68.1 Å². The molecule has 336 valence electrons. The van der Waals surface area contributed by atoms with E-state index in [1.54, 1.807) is 0 Å². The van der Waals surface area contributed by atoms with Gasteiger partial charge in [-0.25, -0.2) is 8.42 Å². The first kappa shape index (κ1) is 50.0. The lowest BCUT2D eigenvalue weighted by Crippen LogP contribution is -2.43. The van der Waals surface area contributed by atoms with Gasteiger partial charge in [0.1, 0.15) is 18.1 Å².